The Morgan fingerprint density at radius 3 is 1.26 bits per heavy atom. The van der Waals surface area contributed by atoms with Crippen LogP contribution in [-0.4, -0.2) is 28.4 Å². The maximum Gasteiger partial charge on any atom is 0.141 e. The van der Waals surface area contributed by atoms with E-state index in [1.165, 1.54) is 11.8 Å². The molecule has 7 heteroatoms. The van der Waals surface area contributed by atoms with Gasteiger partial charge in [-0.15, -0.1) is 0 Å². The first kappa shape index (κ1) is 17.9. The lowest BCUT2D eigenvalue weighted by atomic mass is 10.3. The van der Waals surface area contributed by atoms with Crippen molar-refractivity contribution in [3.05, 3.63) is 34.3 Å². The summed E-state index contributed by atoms with van der Waals surface area (Å²) in [5, 5.41) is 0.990. The highest BCUT2D eigenvalue weighted by molar-refractivity contribution is 7.99. The number of rotatable bonds is 6. The van der Waals surface area contributed by atoms with Crippen molar-refractivity contribution < 1.29 is 18.9 Å². The van der Waals surface area contributed by atoms with Gasteiger partial charge in [0.1, 0.15) is 23.0 Å². The molecule has 0 radical (unpaired) electrons. The van der Waals surface area contributed by atoms with Gasteiger partial charge in [0.25, 0.3) is 0 Å². The molecular weight excluding hydrogens is 359 g/mol. The van der Waals surface area contributed by atoms with Gasteiger partial charge in [0.05, 0.1) is 48.3 Å². The Bertz CT molecular complexity index is 647. The zero-order valence-electron chi connectivity index (χ0n) is 13.1. The SMILES string of the molecule is COc1cc(OC)c(Sc2cc(Cl)c(OC)cc2OC)cc1Cl. The number of methoxy groups -OCH3 is 4. The van der Waals surface area contributed by atoms with Crippen molar-refractivity contribution in [1.82, 2.24) is 0 Å². The minimum Gasteiger partial charge on any atom is -0.495 e. The molecule has 0 spiro atoms. The molecule has 2 rings (SSSR count). The lowest BCUT2D eigenvalue weighted by molar-refractivity contribution is 0.386. The number of halogens is 2. The monoisotopic (exact) mass is 374 g/mol. The number of ether oxygens (including phenoxy) is 4. The van der Waals surface area contributed by atoms with Crippen LogP contribution in [0, 0.1) is 0 Å². The van der Waals surface area contributed by atoms with Crippen LogP contribution in [0.5, 0.6) is 23.0 Å². The average Bonchev–Trinajstić information content (AvgIpc) is 2.55. The molecule has 0 saturated carbocycles. The van der Waals surface area contributed by atoms with Gasteiger partial charge in [0.15, 0.2) is 0 Å². The molecule has 0 atom stereocenters. The van der Waals surface area contributed by atoms with Gasteiger partial charge in [-0.1, -0.05) is 35.0 Å². The van der Waals surface area contributed by atoms with Gasteiger partial charge >= 0.3 is 0 Å². The summed E-state index contributed by atoms with van der Waals surface area (Å²) in [5.41, 5.74) is 0. The number of hydrogen-bond acceptors (Lipinski definition) is 5. The minimum absolute atomic E-state index is 0.495. The molecule has 0 fully saturated rings. The normalized spacial score (nSPS) is 10.3. The molecule has 0 bridgehead atoms. The van der Waals surface area contributed by atoms with Crippen LogP contribution >= 0.6 is 35.0 Å². The van der Waals surface area contributed by atoms with E-state index >= 15 is 0 Å². The Morgan fingerprint density at radius 2 is 0.957 bits per heavy atom. The standard InChI is InChI=1S/C16H16Cl2O4S/c1-19-11-7-13(21-3)15(5-9(11)17)23-16-6-10(18)12(20-2)8-14(16)22-4/h5-8H,1-4H3. The molecule has 0 aromatic heterocycles. The zero-order chi connectivity index (χ0) is 17.0. The van der Waals surface area contributed by atoms with Gasteiger partial charge in [-0.05, 0) is 12.1 Å². The molecule has 0 heterocycles. The first-order valence-electron chi connectivity index (χ1n) is 6.55. The molecule has 2 aromatic carbocycles. The second-order valence-corrected chi connectivity index (χ2v) is 6.28. The molecular formula is C16H16Cl2O4S. The van der Waals surface area contributed by atoms with Crippen LogP contribution < -0.4 is 18.9 Å². The molecule has 0 aliphatic heterocycles. The summed E-state index contributed by atoms with van der Waals surface area (Å²) in [5.74, 6) is 2.38. The fourth-order valence-corrected chi connectivity index (χ4v) is 3.63. The lowest BCUT2D eigenvalue weighted by Gasteiger charge is -2.14. The van der Waals surface area contributed by atoms with Gasteiger partial charge < -0.3 is 18.9 Å². The Balaban J connectivity index is 2.46. The van der Waals surface area contributed by atoms with Gasteiger partial charge in [-0.2, -0.15) is 0 Å². The summed E-state index contributed by atoms with van der Waals surface area (Å²) in [6.07, 6.45) is 0. The zero-order valence-corrected chi connectivity index (χ0v) is 15.4. The highest BCUT2D eigenvalue weighted by Crippen LogP contribution is 2.45. The summed E-state index contributed by atoms with van der Waals surface area (Å²) in [6, 6.07) is 7.04. The molecule has 124 valence electrons. The molecule has 0 N–H and O–H groups in total. The smallest absolute Gasteiger partial charge is 0.141 e. The first-order valence-corrected chi connectivity index (χ1v) is 8.12. The van der Waals surface area contributed by atoms with Crippen molar-refractivity contribution in [3.63, 3.8) is 0 Å². The molecule has 2 aromatic rings. The lowest BCUT2D eigenvalue weighted by Crippen LogP contribution is -1.93. The van der Waals surface area contributed by atoms with E-state index in [0.29, 0.717) is 33.0 Å². The Kier molecular flexibility index (Phi) is 6.16. The molecule has 0 aliphatic rings. The van der Waals surface area contributed by atoms with Crippen LogP contribution in [0.25, 0.3) is 0 Å². The molecule has 0 amide bonds. The van der Waals surface area contributed by atoms with Crippen LogP contribution in [0.1, 0.15) is 0 Å². The third-order valence-corrected chi connectivity index (χ3v) is 4.76. The Morgan fingerprint density at radius 1 is 0.609 bits per heavy atom. The fourth-order valence-electron chi connectivity index (χ4n) is 1.94. The van der Waals surface area contributed by atoms with Gasteiger partial charge in [0, 0.05) is 12.1 Å². The van der Waals surface area contributed by atoms with Crippen molar-refractivity contribution in [2.75, 3.05) is 28.4 Å². The number of benzene rings is 2. The molecule has 4 nitrogen and oxygen atoms in total. The fraction of sp³-hybridized carbons (Fsp3) is 0.250. The second-order valence-electron chi connectivity index (χ2n) is 4.38. The summed E-state index contributed by atoms with van der Waals surface area (Å²) < 4.78 is 21.2. The van der Waals surface area contributed by atoms with E-state index in [2.05, 4.69) is 0 Å². The highest BCUT2D eigenvalue weighted by Gasteiger charge is 2.16. The van der Waals surface area contributed by atoms with E-state index < -0.39 is 0 Å². The van der Waals surface area contributed by atoms with E-state index in [0.717, 1.165) is 9.79 Å². The third-order valence-electron chi connectivity index (χ3n) is 3.10. The maximum absolute atomic E-state index is 6.21. The summed E-state index contributed by atoms with van der Waals surface area (Å²) in [6.45, 7) is 0. The average molecular weight is 375 g/mol. The quantitative estimate of drug-likeness (QED) is 0.696. The third kappa shape index (κ3) is 3.91. The highest BCUT2D eigenvalue weighted by atomic mass is 35.5. The van der Waals surface area contributed by atoms with Crippen LogP contribution in [0.4, 0.5) is 0 Å². The van der Waals surface area contributed by atoms with Crippen molar-refractivity contribution in [2.24, 2.45) is 0 Å². The molecule has 0 unspecified atom stereocenters. The topological polar surface area (TPSA) is 36.9 Å². The van der Waals surface area contributed by atoms with Gasteiger partial charge in [0.2, 0.25) is 0 Å². The molecule has 0 saturated heterocycles. The van der Waals surface area contributed by atoms with Crippen LogP contribution in [0.15, 0.2) is 34.1 Å². The predicted molar refractivity (Wildman–Crippen MR) is 93.2 cm³/mol. The second kappa shape index (κ2) is 7.90. The van der Waals surface area contributed by atoms with E-state index in [9.17, 15) is 0 Å². The summed E-state index contributed by atoms with van der Waals surface area (Å²) in [7, 11) is 6.29. The van der Waals surface area contributed by atoms with E-state index in [1.54, 1.807) is 52.7 Å². The van der Waals surface area contributed by atoms with E-state index in [4.69, 9.17) is 42.1 Å². The Hall–Kier alpha value is -1.43. The van der Waals surface area contributed by atoms with Crippen LogP contribution in [0.3, 0.4) is 0 Å². The number of hydrogen-bond donors (Lipinski definition) is 0. The van der Waals surface area contributed by atoms with Gasteiger partial charge in [-0.25, -0.2) is 0 Å². The van der Waals surface area contributed by atoms with Gasteiger partial charge in [-0.3, -0.25) is 0 Å². The van der Waals surface area contributed by atoms with Crippen molar-refractivity contribution in [3.8, 4) is 23.0 Å². The van der Waals surface area contributed by atoms with Crippen molar-refractivity contribution in [1.29, 1.82) is 0 Å². The first-order chi connectivity index (χ1) is 11.0. The summed E-state index contributed by atoms with van der Waals surface area (Å²) >= 11 is 13.8. The van der Waals surface area contributed by atoms with Crippen LogP contribution in [0.2, 0.25) is 10.0 Å². The van der Waals surface area contributed by atoms with Crippen molar-refractivity contribution in [2.45, 2.75) is 9.79 Å². The van der Waals surface area contributed by atoms with E-state index in [1.807, 2.05) is 0 Å². The molecule has 0 aliphatic carbocycles. The maximum atomic E-state index is 6.21. The Labute approximate surface area is 149 Å². The minimum atomic E-state index is 0.495. The van der Waals surface area contributed by atoms with E-state index in [-0.39, 0.29) is 0 Å². The molecule has 23 heavy (non-hydrogen) atoms. The van der Waals surface area contributed by atoms with Crippen molar-refractivity contribution >= 4 is 35.0 Å². The largest absolute Gasteiger partial charge is 0.495 e. The summed E-state index contributed by atoms with van der Waals surface area (Å²) in [4.78, 5) is 1.63. The van der Waals surface area contributed by atoms with Crippen LogP contribution in [-0.2, 0) is 0 Å². The predicted octanol–water partition coefficient (Wildman–Crippen LogP) is 5.18.